The van der Waals surface area contributed by atoms with Crippen LogP contribution in [0.3, 0.4) is 0 Å². The Morgan fingerprint density at radius 3 is 2.27 bits per heavy atom. The zero-order chi connectivity index (χ0) is 17.1. The highest BCUT2D eigenvalue weighted by atomic mass is 32.2. The summed E-state index contributed by atoms with van der Waals surface area (Å²) in [5.74, 6) is -1.61. The standard InChI is InChI=1S/C15H21NO5S/c1-5-11-6-7-12(8-13(11)22(4,20)21)15(19)16(10(2)3)9-14(17)18/h6-8,10H,5,9H2,1-4H3,(H,17,18). The molecule has 0 fully saturated rings. The van der Waals surface area contributed by atoms with Gasteiger partial charge in [0.05, 0.1) is 4.90 Å². The molecule has 6 nitrogen and oxygen atoms in total. The summed E-state index contributed by atoms with van der Waals surface area (Å²) in [7, 11) is -3.46. The van der Waals surface area contributed by atoms with E-state index in [9.17, 15) is 18.0 Å². The molecule has 0 saturated heterocycles. The minimum Gasteiger partial charge on any atom is -0.480 e. The number of sulfone groups is 1. The predicted octanol–water partition coefficient (Wildman–Crippen LogP) is 1.59. The van der Waals surface area contributed by atoms with E-state index in [1.165, 1.54) is 17.0 Å². The molecular formula is C15H21NO5S. The molecule has 1 N–H and O–H groups in total. The van der Waals surface area contributed by atoms with E-state index >= 15 is 0 Å². The van der Waals surface area contributed by atoms with E-state index in [-0.39, 0.29) is 16.5 Å². The number of carbonyl (C=O) groups is 2. The minimum atomic E-state index is -3.46. The maximum absolute atomic E-state index is 12.5. The lowest BCUT2D eigenvalue weighted by Gasteiger charge is -2.25. The van der Waals surface area contributed by atoms with Gasteiger partial charge in [0, 0.05) is 17.9 Å². The fourth-order valence-electron chi connectivity index (χ4n) is 2.13. The van der Waals surface area contributed by atoms with Gasteiger partial charge in [-0.3, -0.25) is 9.59 Å². The number of hydrogen-bond acceptors (Lipinski definition) is 4. The number of nitrogens with zero attached hydrogens (tertiary/aromatic N) is 1. The van der Waals surface area contributed by atoms with Gasteiger partial charge in [0.2, 0.25) is 0 Å². The molecule has 0 saturated carbocycles. The van der Waals surface area contributed by atoms with Gasteiger partial charge < -0.3 is 10.0 Å². The molecule has 0 aromatic heterocycles. The van der Waals surface area contributed by atoms with Crippen LogP contribution in [0, 0.1) is 0 Å². The van der Waals surface area contributed by atoms with Crippen molar-refractivity contribution in [2.45, 2.75) is 38.1 Å². The summed E-state index contributed by atoms with van der Waals surface area (Å²) in [5.41, 5.74) is 0.806. The van der Waals surface area contributed by atoms with Gasteiger partial charge in [0.15, 0.2) is 9.84 Å². The molecule has 0 heterocycles. The van der Waals surface area contributed by atoms with Crippen molar-refractivity contribution in [3.05, 3.63) is 29.3 Å². The van der Waals surface area contributed by atoms with Crippen LogP contribution in [0.2, 0.25) is 0 Å². The monoisotopic (exact) mass is 327 g/mol. The summed E-state index contributed by atoms with van der Waals surface area (Å²) in [6, 6.07) is 4.15. The van der Waals surface area contributed by atoms with E-state index in [0.29, 0.717) is 12.0 Å². The predicted molar refractivity (Wildman–Crippen MR) is 82.7 cm³/mol. The van der Waals surface area contributed by atoms with Crippen molar-refractivity contribution >= 4 is 21.7 Å². The normalized spacial score (nSPS) is 11.5. The summed E-state index contributed by atoms with van der Waals surface area (Å²) in [6.45, 7) is 4.81. The Morgan fingerprint density at radius 1 is 1.27 bits per heavy atom. The van der Waals surface area contributed by atoms with Gasteiger partial charge in [-0.1, -0.05) is 13.0 Å². The van der Waals surface area contributed by atoms with Crippen molar-refractivity contribution in [1.29, 1.82) is 0 Å². The van der Waals surface area contributed by atoms with Gasteiger partial charge >= 0.3 is 5.97 Å². The minimum absolute atomic E-state index is 0.111. The number of carboxylic acids is 1. The highest BCUT2D eigenvalue weighted by molar-refractivity contribution is 7.90. The number of carbonyl (C=O) groups excluding carboxylic acids is 1. The third-order valence-electron chi connectivity index (χ3n) is 3.28. The van der Waals surface area contributed by atoms with E-state index in [4.69, 9.17) is 5.11 Å². The van der Waals surface area contributed by atoms with Crippen LogP contribution in [0.5, 0.6) is 0 Å². The van der Waals surface area contributed by atoms with Crippen LogP contribution in [-0.2, 0) is 21.1 Å². The van der Waals surface area contributed by atoms with Crippen molar-refractivity contribution in [2.75, 3.05) is 12.8 Å². The smallest absolute Gasteiger partial charge is 0.323 e. The molecule has 0 aliphatic heterocycles. The number of aryl methyl sites for hydroxylation is 1. The van der Waals surface area contributed by atoms with Crippen LogP contribution in [0.4, 0.5) is 0 Å². The SMILES string of the molecule is CCc1ccc(C(=O)N(CC(=O)O)C(C)C)cc1S(C)(=O)=O. The molecule has 1 rings (SSSR count). The van der Waals surface area contributed by atoms with Gasteiger partial charge in [0.25, 0.3) is 5.91 Å². The maximum Gasteiger partial charge on any atom is 0.323 e. The van der Waals surface area contributed by atoms with Crippen molar-refractivity contribution in [1.82, 2.24) is 4.90 Å². The fourth-order valence-corrected chi connectivity index (χ4v) is 3.15. The topological polar surface area (TPSA) is 91.8 Å². The van der Waals surface area contributed by atoms with Crippen molar-refractivity contribution < 1.29 is 23.1 Å². The highest BCUT2D eigenvalue weighted by Crippen LogP contribution is 2.20. The first kappa shape index (κ1) is 18.2. The highest BCUT2D eigenvalue weighted by Gasteiger charge is 2.23. The molecule has 0 spiro atoms. The molecular weight excluding hydrogens is 306 g/mol. The molecule has 0 aliphatic rings. The largest absolute Gasteiger partial charge is 0.480 e. The van der Waals surface area contributed by atoms with Gasteiger partial charge in [-0.05, 0) is 38.0 Å². The first-order valence-electron chi connectivity index (χ1n) is 6.93. The third kappa shape index (κ3) is 4.30. The molecule has 0 bridgehead atoms. The maximum atomic E-state index is 12.5. The van der Waals surface area contributed by atoms with E-state index in [2.05, 4.69) is 0 Å². The number of rotatable bonds is 6. The fraction of sp³-hybridized carbons (Fsp3) is 0.467. The van der Waals surface area contributed by atoms with Gasteiger partial charge in [-0.15, -0.1) is 0 Å². The Balaban J connectivity index is 3.31. The molecule has 7 heteroatoms. The molecule has 22 heavy (non-hydrogen) atoms. The number of carboxylic acid groups (broad SMARTS) is 1. The lowest BCUT2D eigenvalue weighted by atomic mass is 10.1. The molecule has 1 aromatic rings. The van der Waals surface area contributed by atoms with E-state index < -0.39 is 28.3 Å². The summed E-state index contributed by atoms with van der Waals surface area (Å²) >= 11 is 0. The number of hydrogen-bond donors (Lipinski definition) is 1. The molecule has 0 aliphatic carbocycles. The first-order valence-corrected chi connectivity index (χ1v) is 8.82. The van der Waals surface area contributed by atoms with Crippen LogP contribution >= 0.6 is 0 Å². The Kier molecular flexibility index (Phi) is 5.71. The second-order valence-corrected chi connectivity index (χ2v) is 7.35. The second-order valence-electron chi connectivity index (χ2n) is 5.37. The molecule has 1 amide bonds. The molecule has 0 radical (unpaired) electrons. The molecule has 0 unspecified atom stereocenters. The Labute approximate surface area is 130 Å². The Bertz CT molecular complexity index is 679. The lowest BCUT2D eigenvalue weighted by Crippen LogP contribution is -2.40. The average Bonchev–Trinajstić information content (AvgIpc) is 2.41. The molecule has 1 aromatic carbocycles. The molecule has 122 valence electrons. The van der Waals surface area contributed by atoms with Gasteiger partial charge in [0.1, 0.15) is 6.54 Å². The van der Waals surface area contributed by atoms with Gasteiger partial charge in [-0.25, -0.2) is 8.42 Å². The number of benzene rings is 1. The van der Waals surface area contributed by atoms with Crippen LogP contribution in [-0.4, -0.2) is 49.1 Å². The second kappa shape index (κ2) is 6.91. The zero-order valence-electron chi connectivity index (χ0n) is 13.2. The van der Waals surface area contributed by atoms with Crippen LogP contribution in [0.25, 0.3) is 0 Å². The van der Waals surface area contributed by atoms with E-state index in [0.717, 1.165) is 6.26 Å². The number of aliphatic carboxylic acids is 1. The Morgan fingerprint density at radius 2 is 1.86 bits per heavy atom. The average molecular weight is 327 g/mol. The van der Waals surface area contributed by atoms with Crippen molar-refractivity contribution in [2.24, 2.45) is 0 Å². The Hall–Kier alpha value is -1.89. The summed E-state index contributed by atoms with van der Waals surface area (Å²) in [4.78, 5) is 24.7. The van der Waals surface area contributed by atoms with Crippen LogP contribution in [0.1, 0.15) is 36.7 Å². The van der Waals surface area contributed by atoms with Gasteiger partial charge in [-0.2, -0.15) is 0 Å². The van der Waals surface area contributed by atoms with Crippen LogP contribution < -0.4 is 0 Å². The quantitative estimate of drug-likeness (QED) is 0.856. The van der Waals surface area contributed by atoms with Crippen molar-refractivity contribution in [3.63, 3.8) is 0 Å². The van der Waals surface area contributed by atoms with Crippen LogP contribution in [0.15, 0.2) is 23.1 Å². The number of amides is 1. The first-order chi connectivity index (χ1) is 10.1. The zero-order valence-corrected chi connectivity index (χ0v) is 14.0. The third-order valence-corrected chi connectivity index (χ3v) is 4.46. The summed E-state index contributed by atoms with van der Waals surface area (Å²) in [6.07, 6.45) is 1.62. The molecule has 0 atom stereocenters. The summed E-state index contributed by atoms with van der Waals surface area (Å²) < 4.78 is 23.7. The van der Waals surface area contributed by atoms with Crippen molar-refractivity contribution in [3.8, 4) is 0 Å². The lowest BCUT2D eigenvalue weighted by molar-refractivity contribution is -0.138. The summed E-state index contributed by atoms with van der Waals surface area (Å²) in [5, 5.41) is 8.90. The van der Waals surface area contributed by atoms with E-state index in [1.54, 1.807) is 19.9 Å². The van der Waals surface area contributed by atoms with E-state index in [1.807, 2.05) is 6.92 Å².